The second-order valence-corrected chi connectivity index (χ2v) is 2.91. The summed E-state index contributed by atoms with van der Waals surface area (Å²) in [5.74, 6) is 0. The molecule has 1 aliphatic rings. The summed E-state index contributed by atoms with van der Waals surface area (Å²) < 4.78 is 0. The Bertz CT molecular complexity index is 382. The average molecular weight is 188 g/mol. The number of para-hydroxylation sites is 2. The maximum absolute atomic E-state index is 4.06. The highest BCUT2D eigenvalue weighted by molar-refractivity contribution is 5.73. The van der Waals surface area contributed by atoms with E-state index in [4.69, 9.17) is 0 Å². The van der Waals surface area contributed by atoms with Crippen LogP contribution in [0.2, 0.25) is 0 Å². The number of fused-ring (bicyclic) bond motifs is 1. The molecule has 0 unspecified atom stereocenters. The fourth-order valence-corrected chi connectivity index (χ4v) is 1.20. The number of aromatic amines is 1. The first kappa shape index (κ1) is 8.74. The normalized spacial score (nSPS) is 13.4. The lowest BCUT2D eigenvalue weighted by Crippen LogP contribution is -2.04. The summed E-state index contributed by atoms with van der Waals surface area (Å²) in [6.07, 6.45) is 3.44. The second-order valence-electron chi connectivity index (χ2n) is 2.91. The van der Waals surface area contributed by atoms with Crippen molar-refractivity contribution < 1.29 is 0 Å². The highest BCUT2D eigenvalue weighted by Crippen LogP contribution is 2.05. The third kappa shape index (κ3) is 2.10. The lowest BCUT2D eigenvalue weighted by molar-refractivity contribution is 0.965. The molecule has 0 spiro atoms. The van der Waals surface area contributed by atoms with Crippen LogP contribution in [0.25, 0.3) is 11.0 Å². The van der Waals surface area contributed by atoms with Crippen LogP contribution < -0.4 is 5.32 Å². The van der Waals surface area contributed by atoms with Crippen LogP contribution in [-0.4, -0.2) is 29.4 Å². The van der Waals surface area contributed by atoms with Gasteiger partial charge in [0.15, 0.2) is 0 Å². The maximum atomic E-state index is 4.06. The summed E-state index contributed by atoms with van der Waals surface area (Å²) in [5.41, 5.74) is 2.12. The van der Waals surface area contributed by atoms with E-state index in [2.05, 4.69) is 20.3 Å². The molecule has 0 atom stereocenters. The summed E-state index contributed by atoms with van der Waals surface area (Å²) in [4.78, 5) is 10.9. The summed E-state index contributed by atoms with van der Waals surface area (Å²) in [7, 11) is 0. The van der Waals surface area contributed by atoms with Crippen LogP contribution in [0.15, 0.2) is 35.6 Å². The van der Waals surface area contributed by atoms with Crippen molar-refractivity contribution in [2.24, 2.45) is 4.99 Å². The van der Waals surface area contributed by atoms with Crippen molar-refractivity contribution in [1.82, 2.24) is 15.3 Å². The molecule has 0 amide bonds. The molecule has 2 heterocycles. The van der Waals surface area contributed by atoms with E-state index in [1.54, 1.807) is 12.7 Å². The molecule has 14 heavy (non-hydrogen) atoms. The van der Waals surface area contributed by atoms with Gasteiger partial charge in [-0.3, -0.25) is 4.99 Å². The van der Waals surface area contributed by atoms with Gasteiger partial charge in [0.2, 0.25) is 0 Å². The van der Waals surface area contributed by atoms with E-state index in [0.717, 1.165) is 24.1 Å². The highest BCUT2D eigenvalue weighted by Gasteiger charge is 1.88. The summed E-state index contributed by atoms with van der Waals surface area (Å²) >= 11 is 0. The largest absolute Gasteiger partial charge is 0.375 e. The van der Waals surface area contributed by atoms with E-state index in [-0.39, 0.29) is 0 Å². The number of aliphatic imine (C=N–C) groups is 1. The van der Waals surface area contributed by atoms with Crippen molar-refractivity contribution in [2.75, 3.05) is 13.1 Å². The molecule has 2 N–H and O–H groups in total. The number of rotatable bonds is 0. The van der Waals surface area contributed by atoms with E-state index >= 15 is 0 Å². The third-order valence-electron chi connectivity index (χ3n) is 1.90. The Hall–Kier alpha value is -1.84. The number of benzene rings is 1. The second kappa shape index (κ2) is 4.41. The minimum absolute atomic E-state index is 0.958. The van der Waals surface area contributed by atoms with Gasteiger partial charge < -0.3 is 10.3 Å². The van der Waals surface area contributed by atoms with Crippen molar-refractivity contribution in [2.45, 2.75) is 0 Å². The molecule has 3 rings (SSSR count). The maximum Gasteiger partial charge on any atom is 0.0931 e. The van der Waals surface area contributed by atoms with Gasteiger partial charge in [-0.05, 0) is 12.1 Å². The minimum atomic E-state index is 0.958. The first-order chi connectivity index (χ1) is 6.97. The lowest BCUT2D eigenvalue weighted by atomic mass is 10.3. The van der Waals surface area contributed by atoms with Gasteiger partial charge >= 0.3 is 0 Å². The lowest BCUT2D eigenvalue weighted by Gasteiger charge is -1.81. The number of H-pyrrole nitrogens is 1. The van der Waals surface area contributed by atoms with Crippen LogP contribution in [0, 0.1) is 0 Å². The van der Waals surface area contributed by atoms with Gasteiger partial charge in [0, 0.05) is 6.54 Å². The summed E-state index contributed by atoms with van der Waals surface area (Å²) in [6.45, 7) is 1.99. The van der Waals surface area contributed by atoms with Crippen LogP contribution in [0.1, 0.15) is 0 Å². The number of hydrogen-bond acceptors (Lipinski definition) is 3. The van der Waals surface area contributed by atoms with Crippen LogP contribution in [0.3, 0.4) is 0 Å². The van der Waals surface area contributed by atoms with Gasteiger partial charge in [-0.2, -0.15) is 0 Å². The van der Waals surface area contributed by atoms with Crippen molar-refractivity contribution in [1.29, 1.82) is 0 Å². The predicted octanol–water partition coefficient (Wildman–Crippen LogP) is 1.18. The Labute approximate surface area is 82.1 Å². The Morgan fingerprint density at radius 1 is 1.21 bits per heavy atom. The molecule has 0 radical (unpaired) electrons. The standard InChI is InChI=1S/C7H6N2.C3H6N2/c1-2-4-7-6(3-1)8-5-9-7;1-2-5-3-4-1/h1-5H,(H,8,9);3H,1-2H2,(H,4,5). The quantitative estimate of drug-likeness (QED) is 0.652. The highest BCUT2D eigenvalue weighted by atomic mass is 15.0. The van der Waals surface area contributed by atoms with Crippen LogP contribution in [0.5, 0.6) is 0 Å². The number of imidazole rings is 1. The molecule has 4 heteroatoms. The molecule has 1 aromatic heterocycles. The molecule has 1 aliphatic heterocycles. The van der Waals surface area contributed by atoms with Gasteiger partial charge in [-0.1, -0.05) is 12.1 Å². The summed E-state index contributed by atoms with van der Waals surface area (Å²) in [5, 5.41) is 2.93. The van der Waals surface area contributed by atoms with Crippen LogP contribution >= 0.6 is 0 Å². The predicted molar refractivity (Wildman–Crippen MR) is 57.5 cm³/mol. The third-order valence-corrected chi connectivity index (χ3v) is 1.90. The zero-order valence-electron chi connectivity index (χ0n) is 7.77. The number of hydrogen-bond donors (Lipinski definition) is 2. The molecule has 1 aromatic carbocycles. The monoisotopic (exact) mass is 188 g/mol. The van der Waals surface area contributed by atoms with Gasteiger partial charge in [0.25, 0.3) is 0 Å². The van der Waals surface area contributed by atoms with Crippen LogP contribution in [-0.2, 0) is 0 Å². The van der Waals surface area contributed by atoms with E-state index in [9.17, 15) is 0 Å². The minimum Gasteiger partial charge on any atom is -0.375 e. The molecule has 72 valence electrons. The first-order valence-corrected chi connectivity index (χ1v) is 4.56. The van der Waals surface area contributed by atoms with E-state index < -0.39 is 0 Å². The van der Waals surface area contributed by atoms with Crippen molar-refractivity contribution in [3.8, 4) is 0 Å². The van der Waals surface area contributed by atoms with Crippen molar-refractivity contribution >= 4 is 17.4 Å². The number of nitrogens with zero attached hydrogens (tertiary/aromatic N) is 2. The molecule has 4 nitrogen and oxygen atoms in total. The van der Waals surface area contributed by atoms with E-state index in [0.29, 0.717) is 0 Å². The zero-order chi connectivity index (χ0) is 9.64. The number of nitrogens with one attached hydrogen (secondary N) is 2. The van der Waals surface area contributed by atoms with Gasteiger partial charge in [-0.15, -0.1) is 0 Å². The van der Waals surface area contributed by atoms with Crippen LogP contribution in [0.4, 0.5) is 0 Å². The Kier molecular flexibility index (Phi) is 2.76. The Morgan fingerprint density at radius 3 is 2.79 bits per heavy atom. The smallest absolute Gasteiger partial charge is 0.0931 e. The molecule has 0 bridgehead atoms. The van der Waals surface area contributed by atoms with Gasteiger partial charge in [0.05, 0.1) is 30.2 Å². The zero-order valence-corrected chi connectivity index (χ0v) is 7.77. The average Bonchev–Trinajstić information content (AvgIpc) is 2.92. The van der Waals surface area contributed by atoms with Crippen molar-refractivity contribution in [3.63, 3.8) is 0 Å². The molecule has 0 fully saturated rings. The molecule has 0 saturated heterocycles. The van der Waals surface area contributed by atoms with Crippen molar-refractivity contribution in [3.05, 3.63) is 30.6 Å². The van der Waals surface area contributed by atoms with Gasteiger partial charge in [0.1, 0.15) is 0 Å². The van der Waals surface area contributed by atoms with E-state index in [1.165, 1.54) is 0 Å². The SMILES string of the molecule is C1=NCCN1.c1ccc2[nH]cnc2c1. The Morgan fingerprint density at radius 2 is 2.14 bits per heavy atom. The Balaban J connectivity index is 0.000000128. The topological polar surface area (TPSA) is 53.1 Å². The first-order valence-electron chi connectivity index (χ1n) is 4.56. The molecular formula is C10H12N4. The molecule has 0 aliphatic carbocycles. The molecule has 2 aromatic rings. The molecular weight excluding hydrogens is 176 g/mol. The fourth-order valence-electron chi connectivity index (χ4n) is 1.20. The molecule has 0 saturated carbocycles. The fraction of sp³-hybridized carbons (Fsp3) is 0.200. The number of aromatic nitrogens is 2. The van der Waals surface area contributed by atoms with E-state index in [1.807, 2.05) is 24.3 Å². The van der Waals surface area contributed by atoms with Gasteiger partial charge in [-0.25, -0.2) is 4.98 Å². The summed E-state index contributed by atoms with van der Waals surface area (Å²) in [6, 6.07) is 7.94.